The van der Waals surface area contributed by atoms with Crippen LogP contribution in [-0.2, 0) is 16.1 Å². The van der Waals surface area contributed by atoms with Crippen LogP contribution in [0.5, 0.6) is 11.5 Å². The van der Waals surface area contributed by atoms with Gasteiger partial charge in [-0.25, -0.2) is 9.78 Å². The van der Waals surface area contributed by atoms with Crippen LogP contribution in [0.25, 0.3) is 21.8 Å². The lowest BCUT2D eigenvalue weighted by Gasteiger charge is -2.10. The molecule has 8 heteroatoms. The van der Waals surface area contributed by atoms with Crippen molar-refractivity contribution >= 4 is 51.0 Å². The van der Waals surface area contributed by atoms with Crippen LogP contribution in [0.3, 0.4) is 0 Å². The topological polar surface area (TPSA) is 73.4 Å². The number of H-pyrrole nitrogens is 1. The first-order valence-corrected chi connectivity index (χ1v) is 9.99. The van der Waals surface area contributed by atoms with Gasteiger partial charge in [0.05, 0.1) is 29.9 Å². The van der Waals surface area contributed by atoms with E-state index in [-0.39, 0.29) is 18.9 Å². The maximum Gasteiger partial charge on any atom is 0.357 e. The normalized spacial score (nSPS) is 11.2. The summed E-state index contributed by atoms with van der Waals surface area (Å²) in [5.41, 5.74) is 2.55. The van der Waals surface area contributed by atoms with Crippen LogP contribution in [-0.4, -0.2) is 29.7 Å². The molecule has 2 aromatic heterocycles. The molecule has 0 aliphatic carbocycles. The van der Waals surface area contributed by atoms with Crippen LogP contribution in [0.4, 0.5) is 0 Å². The molecule has 4 aromatic rings. The van der Waals surface area contributed by atoms with Crippen molar-refractivity contribution in [2.75, 3.05) is 13.7 Å². The zero-order valence-electron chi connectivity index (χ0n) is 16.3. The number of carbonyl (C=O) groups excluding carboxylic acids is 1. The third-order valence-corrected chi connectivity index (χ3v) is 5.12. The molecule has 1 N–H and O–H groups in total. The highest BCUT2D eigenvalue weighted by Gasteiger charge is 2.20. The minimum Gasteiger partial charge on any atom is -0.461 e. The van der Waals surface area contributed by atoms with E-state index < -0.39 is 5.97 Å². The quantitative estimate of drug-likeness (QED) is 0.361. The Balaban J connectivity index is 1.86. The molecule has 30 heavy (non-hydrogen) atoms. The van der Waals surface area contributed by atoms with E-state index in [4.69, 9.17) is 37.4 Å². The minimum absolute atomic E-state index is 0.208. The molecule has 2 heterocycles. The van der Waals surface area contributed by atoms with Crippen LogP contribution in [0, 0.1) is 0 Å². The van der Waals surface area contributed by atoms with Crippen LogP contribution >= 0.6 is 23.2 Å². The van der Waals surface area contributed by atoms with Gasteiger partial charge in [0.1, 0.15) is 11.5 Å². The minimum atomic E-state index is -0.485. The van der Waals surface area contributed by atoms with Crippen molar-refractivity contribution in [1.82, 2.24) is 9.97 Å². The lowest BCUT2D eigenvalue weighted by Crippen LogP contribution is -2.11. The van der Waals surface area contributed by atoms with Gasteiger partial charge in [0, 0.05) is 34.0 Å². The van der Waals surface area contributed by atoms with Crippen molar-refractivity contribution in [3.63, 3.8) is 0 Å². The summed E-state index contributed by atoms with van der Waals surface area (Å²) in [5, 5.41) is 2.64. The number of halogens is 2. The molecular weight excluding hydrogens is 427 g/mol. The van der Waals surface area contributed by atoms with Crippen LogP contribution in [0.15, 0.2) is 42.6 Å². The van der Waals surface area contributed by atoms with Gasteiger partial charge < -0.3 is 19.2 Å². The first-order valence-electron chi connectivity index (χ1n) is 9.24. The van der Waals surface area contributed by atoms with E-state index in [1.807, 2.05) is 18.2 Å². The van der Waals surface area contributed by atoms with E-state index >= 15 is 0 Å². The average Bonchev–Trinajstić information content (AvgIpc) is 3.09. The highest BCUT2D eigenvalue weighted by Crippen LogP contribution is 2.36. The van der Waals surface area contributed by atoms with E-state index in [0.717, 1.165) is 21.8 Å². The summed E-state index contributed by atoms with van der Waals surface area (Å²) in [4.78, 5) is 20.0. The zero-order valence-corrected chi connectivity index (χ0v) is 17.8. The van der Waals surface area contributed by atoms with Crippen molar-refractivity contribution in [2.45, 2.75) is 13.5 Å². The van der Waals surface area contributed by atoms with Gasteiger partial charge in [0.25, 0.3) is 0 Å². The molecule has 0 aliphatic rings. The Bertz CT molecular complexity index is 1250. The number of nitrogens with zero attached hydrogens (tertiary/aromatic N) is 1. The van der Waals surface area contributed by atoms with Crippen LogP contribution in [0.1, 0.15) is 23.0 Å². The smallest absolute Gasteiger partial charge is 0.357 e. The van der Waals surface area contributed by atoms with E-state index in [2.05, 4.69) is 9.97 Å². The molecule has 4 rings (SSSR count). The molecule has 0 radical (unpaired) electrons. The molecule has 6 nitrogen and oxygen atoms in total. The number of benzene rings is 2. The second kappa shape index (κ2) is 8.52. The summed E-state index contributed by atoms with van der Waals surface area (Å²) in [6, 6.07) is 10.7. The number of ether oxygens (including phenoxy) is 3. The highest BCUT2D eigenvalue weighted by molar-refractivity contribution is 6.35. The molecule has 0 amide bonds. The molecule has 0 bridgehead atoms. The average molecular weight is 445 g/mol. The van der Waals surface area contributed by atoms with E-state index in [0.29, 0.717) is 27.1 Å². The van der Waals surface area contributed by atoms with Gasteiger partial charge in [-0.3, -0.25) is 0 Å². The fourth-order valence-electron chi connectivity index (χ4n) is 3.35. The summed E-state index contributed by atoms with van der Waals surface area (Å²) in [5.74, 6) is 0.595. The summed E-state index contributed by atoms with van der Waals surface area (Å²) in [6.45, 7) is 2.22. The van der Waals surface area contributed by atoms with Gasteiger partial charge in [-0.15, -0.1) is 0 Å². The zero-order chi connectivity index (χ0) is 21.3. The summed E-state index contributed by atoms with van der Waals surface area (Å²) in [6.07, 6.45) is 1.62. The number of hydrogen-bond acceptors (Lipinski definition) is 5. The molecule has 0 atom stereocenters. The van der Waals surface area contributed by atoms with Gasteiger partial charge >= 0.3 is 5.97 Å². The summed E-state index contributed by atoms with van der Waals surface area (Å²) in [7, 11) is 1.57. The maximum absolute atomic E-state index is 12.4. The van der Waals surface area contributed by atoms with Crippen LogP contribution in [0.2, 0.25) is 10.0 Å². The van der Waals surface area contributed by atoms with Crippen molar-refractivity contribution < 1.29 is 19.0 Å². The standard InChI is InChI=1S/C22H18Cl2N2O4/c1-3-29-22(27)21-15(11-28-2)20-14-9-13(5-6-17(14)26-18(20)10-25-21)30-19-7-4-12(23)8-16(19)24/h4-10,26H,3,11H2,1-2H3. The molecule has 0 saturated carbocycles. The van der Waals surface area contributed by atoms with Crippen molar-refractivity contribution in [2.24, 2.45) is 0 Å². The van der Waals surface area contributed by atoms with Crippen molar-refractivity contribution in [1.29, 1.82) is 0 Å². The van der Waals surface area contributed by atoms with Gasteiger partial charge in [0.15, 0.2) is 5.69 Å². The predicted octanol–water partition coefficient (Wildman–Crippen LogP) is 6.14. The number of pyridine rings is 1. The number of aromatic nitrogens is 2. The largest absolute Gasteiger partial charge is 0.461 e. The Morgan fingerprint density at radius 1 is 1.13 bits per heavy atom. The SMILES string of the molecule is CCOC(=O)c1ncc2[nH]c3ccc(Oc4ccc(Cl)cc4Cl)cc3c2c1COC. The molecule has 2 aromatic carbocycles. The molecule has 154 valence electrons. The number of carbonyl (C=O) groups is 1. The highest BCUT2D eigenvalue weighted by atomic mass is 35.5. The van der Waals surface area contributed by atoms with E-state index in [9.17, 15) is 4.79 Å². The molecule has 0 aliphatic heterocycles. The third kappa shape index (κ3) is 3.81. The lowest BCUT2D eigenvalue weighted by molar-refractivity contribution is 0.0514. The Morgan fingerprint density at radius 2 is 1.97 bits per heavy atom. The Labute approximate surface area is 182 Å². The summed E-state index contributed by atoms with van der Waals surface area (Å²) >= 11 is 12.2. The number of rotatable bonds is 6. The lowest BCUT2D eigenvalue weighted by atomic mass is 10.1. The Morgan fingerprint density at radius 3 is 2.70 bits per heavy atom. The first-order chi connectivity index (χ1) is 14.5. The van der Waals surface area contributed by atoms with Gasteiger partial charge in [0.2, 0.25) is 0 Å². The van der Waals surface area contributed by atoms with Crippen LogP contribution < -0.4 is 4.74 Å². The summed E-state index contributed by atoms with van der Waals surface area (Å²) < 4.78 is 16.5. The fourth-order valence-corrected chi connectivity index (χ4v) is 3.79. The molecule has 0 fully saturated rings. The van der Waals surface area contributed by atoms with Crippen molar-refractivity contribution in [3.05, 3.63) is 63.9 Å². The van der Waals surface area contributed by atoms with E-state index in [1.165, 1.54) is 0 Å². The molecule has 0 spiro atoms. The van der Waals surface area contributed by atoms with Gasteiger partial charge in [-0.1, -0.05) is 23.2 Å². The molecule has 0 saturated heterocycles. The van der Waals surface area contributed by atoms with Gasteiger partial charge in [-0.2, -0.15) is 0 Å². The third-order valence-electron chi connectivity index (χ3n) is 4.59. The molecule has 0 unspecified atom stereocenters. The number of nitrogens with one attached hydrogen (secondary N) is 1. The number of methoxy groups -OCH3 is 1. The fraction of sp³-hybridized carbons (Fsp3) is 0.182. The predicted molar refractivity (Wildman–Crippen MR) is 117 cm³/mol. The second-order valence-electron chi connectivity index (χ2n) is 6.54. The first kappa shape index (κ1) is 20.5. The Hall–Kier alpha value is -2.80. The Kier molecular flexibility index (Phi) is 5.81. The number of esters is 1. The number of hydrogen-bond donors (Lipinski definition) is 1. The number of fused-ring (bicyclic) bond motifs is 3. The second-order valence-corrected chi connectivity index (χ2v) is 7.38. The molecular formula is C22H18Cl2N2O4. The van der Waals surface area contributed by atoms with E-state index in [1.54, 1.807) is 38.4 Å². The van der Waals surface area contributed by atoms with Crippen molar-refractivity contribution in [3.8, 4) is 11.5 Å². The van der Waals surface area contributed by atoms with Gasteiger partial charge in [-0.05, 0) is 43.3 Å². The number of aromatic amines is 1. The monoisotopic (exact) mass is 444 g/mol. The maximum atomic E-state index is 12.4.